The number of carboxylic acids is 1. The fraction of sp³-hybridized carbons (Fsp3) is 0.250. The van der Waals surface area contributed by atoms with Crippen LogP contribution in [0.2, 0.25) is 0 Å². The Bertz CT molecular complexity index is 580. The van der Waals surface area contributed by atoms with E-state index in [1.807, 2.05) is 0 Å². The van der Waals surface area contributed by atoms with Gasteiger partial charge in [0.2, 0.25) is 10.0 Å². The van der Waals surface area contributed by atoms with Crippen molar-refractivity contribution in [2.45, 2.75) is 11.3 Å². The van der Waals surface area contributed by atoms with E-state index in [0.717, 1.165) is 0 Å². The van der Waals surface area contributed by atoms with Gasteiger partial charge in [-0.25, -0.2) is 13.1 Å². The lowest BCUT2D eigenvalue weighted by Gasteiger charge is -2.11. The first-order chi connectivity index (χ1) is 8.90. The topological polar surface area (TPSA) is 92.7 Å². The Labute approximate surface area is 111 Å². The van der Waals surface area contributed by atoms with Crippen molar-refractivity contribution < 1.29 is 23.1 Å². The molecule has 1 aromatic carbocycles. The fourth-order valence-corrected chi connectivity index (χ4v) is 2.71. The molecule has 0 atom stereocenters. The summed E-state index contributed by atoms with van der Waals surface area (Å²) in [7, 11) is -2.34. The normalized spacial score (nSPS) is 11.0. The monoisotopic (exact) mass is 285 g/mol. The molecule has 0 aromatic heterocycles. The highest BCUT2D eigenvalue weighted by atomic mass is 32.2. The maximum Gasteiger partial charge on any atom is 0.307 e. The second kappa shape index (κ2) is 6.35. The largest absolute Gasteiger partial charge is 0.497 e. The van der Waals surface area contributed by atoms with Crippen LogP contribution in [0.3, 0.4) is 0 Å². The molecule has 0 spiro atoms. The molecule has 0 aliphatic rings. The van der Waals surface area contributed by atoms with Crippen molar-refractivity contribution in [2.24, 2.45) is 0 Å². The molecule has 0 amide bonds. The Morgan fingerprint density at radius 1 is 1.53 bits per heavy atom. The Morgan fingerprint density at radius 3 is 2.74 bits per heavy atom. The Balaban J connectivity index is 3.25. The molecule has 19 heavy (non-hydrogen) atoms. The van der Waals surface area contributed by atoms with Crippen LogP contribution in [0.4, 0.5) is 0 Å². The number of sulfonamides is 1. The second-order valence-electron chi connectivity index (χ2n) is 3.68. The zero-order valence-electron chi connectivity index (χ0n) is 10.4. The van der Waals surface area contributed by atoms with Crippen molar-refractivity contribution in [1.82, 2.24) is 4.72 Å². The van der Waals surface area contributed by atoms with Gasteiger partial charge in [-0.1, -0.05) is 6.08 Å². The highest BCUT2D eigenvalue weighted by Crippen LogP contribution is 2.22. The van der Waals surface area contributed by atoms with Gasteiger partial charge in [0, 0.05) is 6.54 Å². The number of nitrogens with one attached hydrogen (secondary N) is 1. The van der Waals surface area contributed by atoms with Gasteiger partial charge in [0.25, 0.3) is 0 Å². The molecule has 0 radical (unpaired) electrons. The van der Waals surface area contributed by atoms with Gasteiger partial charge >= 0.3 is 5.97 Å². The number of ether oxygens (including phenoxy) is 1. The lowest BCUT2D eigenvalue weighted by Crippen LogP contribution is -2.25. The summed E-state index contributed by atoms with van der Waals surface area (Å²) in [5.74, 6) is -0.715. The highest BCUT2D eigenvalue weighted by Gasteiger charge is 2.19. The van der Waals surface area contributed by atoms with Crippen molar-refractivity contribution in [1.29, 1.82) is 0 Å². The predicted octanol–water partition coefficient (Wildman–Crippen LogP) is 0.787. The van der Waals surface area contributed by atoms with Crippen molar-refractivity contribution >= 4 is 16.0 Å². The predicted molar refractivity (Wildman–Crippen MR) is 69.7 cm³/mol. The summed E-state index contributed by atoms with van der Waals surface area (Å²) in [6.07, 6.45) is 0.999. The second-order valence-corrected chi connectivity index (χ2v) is 5.42. The Hall–Kier alpha value is -1.86. The quantitative estimate of drug-likeness (QED) is 0.722. The molecular weight excluding hydrogens is 270 g/mol. The summed E-state index contributed by atoms with van der Waals surface area (Å²) < 4.78 is 31.3. The Kier molecular flexibility index (Phi) is 5.08. The minimum atomic E-state index is -3.76. The fourth-order valence-electron chi connectivity index (χ4n) is 1.49. The van der Waals surface area contributed by atoms with E-state index in [4.69, 9.17) is 9.84 Å². The van der Waals surface area contributed by atoms with Gasteiger partial charge in [-0.05, 0) is 23.8 Å². The molecule has 104 valence electrons. The van der Waals surface area contributed by atoms with Crippen molar-refractivity contribution in [3.63, 3.8) is 0 Å². The molecular formula is C12H15NO5S. The molecule has 0 unspecified atom stereocenters. The first-order valence-corrected chi connectivity index (χ1v) is 6.88. The molecule has 0 aliphatic carbocycles. The zero-order valence-corrected chi connectivity index (χ0v) is 11.2. The lowest BCUT2D eigenvalue weighted by atomic mass is 10.1. The molecule has 0 saturated heterocycles. The van der Waals surface area contributed by atoms with E-state index in [1.54, 1.807) is 0 Å². The number of rotatable bonds is 7. The summed E-state index contributed by atoms with van der Waals surface area (Å²) in [4.78, 5) is 10.7. The van der Waals surface area contributed by atoms with Crippen molar-refractivity contribution in [3.8, 4) is 5.75 Å². The number of hydrogen-bond donors (Lipinski definition) is 2. The van der Waals surface area contributed by atoms with Crippen LogP contribution in [-0.2, 0) is 21.2 Å². The number of methoxy groups -OCH3 is 1. The van der Waals surface area contributed by atoms with E-state index in [-0.39, 0.29) is 17.0 Å². The number of hydrogen-bond acceptors (Lipinski definition) is 4. The van der Waals surface area contributed by atoms with E-state index in [1.165, 1.54) is 31.4 Å². The maximum atomic E-state index is 12.0. The van der Waals surface area contributed by atoms with Crippen LogP contribution in [0.1, 0.15) is 5.56 Å². The van der Waals surface area contributed by atoms with Gasteiger partial charge in [0.1, 0.15) is 5.75 Å². The average molecular weight is 285 g/mol. The third kappa shape index (κ3) is 4.08. The molecule has 7 heteroatoms. The van der Waals surface area contributed by atoms with Crippen LogP contribution in [0.25, 0.3) is 0 Å². The minimum Gasteiger partial charge on any atom is -0.497 e. The number of aliphatic carboxylic acids is 1. The van der Waals surface area contributed by atoms with E-state index in [0.29, 0.717) is 5.75 Å². The number of carboxylic acid groups (broad SMARTS) is 1. The molecule has 0 bridgehead atoms. The van der Waals surface area contributed by atoms with Crippen LogP contribution < -0.4 is 9.46 Å². The van der Waals surface area contributed by atoms with E-state index in [2.05, 4.69) is 11.3 Å². The average Bonchev–Trinajstić information content (AvgIpc) is 2.35. The van der Waals surface area contributed by atoms with Gasteiger partial charge in [-0.2, -0.15) is 0 Å². The van der Waals surface area contributed by atoms with Gasteiger partial charge in [-0.3, -0.25) is 4.79 Å². The summed E-state index contributed by atoms with van der Waals surface area (Å²) in [6.45, 7) is 3.48. The van der Waals surface area contributed by atoms with Crippen LogP contribution in [-0.4, -0.2) is 33.1 Å². The van der Waals surface area contributed by atoms with Crippen molar-refractivity contribution in [3.05, 3.63) is 36.4 Å². The number of benzene rings is 1. The van der Waals surface area contributed by atoms with Crippen LogP contribution in [0.15, 0.2) is 35.7 Å². The molecule has 6 nitrogen and oxygen atoms in total. The SMILES string of the molecule is C=CCNS(=O)(=O)c1ccc(OC)cc1CC(=O)O. The molecule has 1 rings (SSSR count). The lowest BCUT2D eigenvalue weighted by molar-refractivity contribution is -0.136. The standard InChI is InChI=1S/C12H15NO5S/c1-3-6-13-19(16,17)11-5-4-10(18-2)7-9(11)8-12(14)15/h3-5,7,13H,1,6,8H2,2H3,(H,14,15). The smallest absolute Gasteiger partial charge is 0.307 e. The van der Waals surface area contributed by atoms with Crippen LogP contribution in [0.5, 0.6) is 5.75 Å². The summed E-state index contributed by atoms with van der Waals surface area (Å²) in [5.41, 5.74) is 0.170. The minimum absolute atomic E-state index is 0.0703. The van der Waals surface area contributed by atoms with Crippen LogP contribution in [0, 0.1) is 0 Å². The van der Waals surface area contributed by atoms with E-state index in [9.17, 15) is 13.2 Å². The van der Waals surface area contributed by atoms with Crippen molar-refractivity contribution in [2.75, 3.05) is 13.7 Å². The van der Waals surface area contributed by atoms with Crippen LogP contribution >= 0.6 is 0 Å². The molecule has 0 saturated carbocycles. The van der Waals surface area contributed by atoms with E-state index < -0.39 is 22.4 Å². The van der Waals surface area contributed by atoms with Gasteiger partial charge in [0.05, 0.1) is 18.4 Å². The van der Waals surface area contributed by atoms with Gasteiger partial charge < -0.3 is 9.84 Å². The van der Waals surface area contributed by atoms with E-state index >= 15 is 0 Å². The first kappa shape index (κ1) is 15.2. The molecule has 0 fully saturated rings. The van der Waals surface area contributed by atoms with Gasteiger partial charge in [0.15, 0.2) is 0 Å². The zero-order chi connectivity index (χ0) is 14.5. The highest BCUT2D eigenvalue weighted by molar-refractivity contribution is 7.89. The maximum absolute atomic E-state index is 12.0. The summed E-state index contributed by atoms with van der Waals surface area (Å²) >= 11 is 0. The molecule has 0 heterocycles. The summed E-state index contributed by atoms with van der Waals surface area (Å²) in [5, 5.41) is 8.82. The third-order valence-corrected chi connectivity index (χ3v) is 3.84. The Morgan fingerprint density at radius 2 is 2.21 bits per heavy atom. The molecule has 2 N–H and O–H groups in total. The molecule has 1 aromatic rings. The molecule has 0 aliphatic heterocycles. The van der Waals surface area contributed by atoms with Gasteiger partial charge in [-0.15, -0.1) is 6.58 Å². The number of carbonyl (C=O) groups is 1. The first-order valence-electron chi connectivity index (χ1n) is 5.40. The summed E-state index contributed by atoms with van der Waals surface area (Å²) in [6, 6.07) is 4.19. The third-order valence-electron chi connectivity index (χ3n) is 2.32.